The third kappa shape index (κ3) is 44.0. The van der Waals surface area contributed by atoms with Gasteiger partial charge in [0.25, 0.3) is 0 Å². The summed E-state index contributed by atoms with van der Waals surface area (Å²) in [5.74, 6) is -0.833. The Labute approximate surface area is 846 Å². The minimum absolute atomic E-state index is 0.0239. The van der Waals surface area contributed by atoms with Crippen LogP contribution < -0.4 is 66.3 Å². The molecule has 0 saturated heterocycles. The van der Waals surface area contributed by atoms with E-state index in [0.29, 0.717) is 85.3 Å². The number of carbonyl (C=O) groups is 8. The number of unbranched alkanes of at least 4 members (excludes halogenated alkanes) is 38. The summed E-state index contributed by atoms with van der Waals surface area (Å²) in [6.07, 6.45) is 49.3. The van der Waals surface area contributed by atoms with Gasteiger partial charge in [-0.2, -0.15) is 0 Å². The molecule has 764 valence electrons. The molecule has 0 aliphatic rings. The van der Waals surface area contributed by atoms with Crippen molar-refractivity contribution in [2.75, 3.05) is 39.6 Å². The molecule has 0 aliphatic carbocycles. The van der Waals surface area contributed by atoms with E-state index in [9.17, 15) is 38.4 Å². The molecule has 0 N–H and O–H groups in total. The second-order valence-electron chi connectivity index (χ2n) is 36.5. The number of hydrogen-bond donors (Lipinski definition) is 0. The lowest BCUT2D eigenvalue weighted by atomic mass is 10.1. The summed E-state index contributed by atoms with van der Waals surface area (Å²) < 4.78 is 82.2. The Balaban J connectivity index is 0.712. The van der Waals surface area contributed by atoms with Crippen LogP contribution in [0, 0.1) is 0 Å². The van der Waals surface area contributed by atoms with Gasteiger partial charge in [0.15, 0.2) is 0 Å². The maximum atomic E-state index is 14.1. The van der Waals surface area contributed by atoms with Gasteiger partial charge in [0.05, 0.1) is 84.1 Å². The minimum Gasteiger partial charge on any atom is -0.494 e. The van der Waals surface area contributed by atoms with Crippen molar-refractivity contribution in [3.63, 3.8) is 0 Å². The summed E-state index contributed by atoms with van der Waals surface area (Å²) in [6.45, 7) is 11.8. The smallest absolute Gasteiger partial charge is 0.343 e. The van der Waals surface area contributed by atoms with Gasteiger partial charge in [-0.15, -0.1) is 0 Å². The Morgan fingerprint density at radius 3 is 0.406 bits per heavy atom. The van der Waals surface area contributed by atoms with Gasteiger partial charge >= 0.3 is 47.8 Å². The van der Waals surface area contributed by atoms with Gasteiger partial charge in [0.1, 0.15) is 80.5 Å². The van der Waals surface area contributed by atoms with Gasteiger partial charge in [-0.3, -0.25) is 0 Å². The van der Waals surface area contributed by atoms with Crippen LogP contribution in [0.2, 0.25) is 0 Å². The molecular weight excluding hydrogens is 1810 g/mol. The van der Waals surface area contributed by atoms with Crippen LogP contribution in [-0.2, 0) is 0 Å². The van der Waals surface area contributed by atoms with Gasteiger partial charge in [-0.1, -0.05) is 265 Å². The zero-order valence-electron chi connectivity index (χ0n) is 84.6. The van der Waals surface area contributed by atoms with Crippen LogP contribution in [0.5, 0.6) is 80.5 Å². The fourth-order valence-electron chi connectivity index (χ4n) is 16.1. The number of carbonyl (C=O) groups excluding carboxylic acids is 8. The molecule has 0 aliphatic heterocycles. The van der Waals surface area contributed by atoms with E-state index in [4.69, 9.17) is 66.3 Å². The van der Waals surface area contributed by atoms with E-state index in [2.05, 4.69) is 27.7 Å². The maximum absolute atomic E-state index is 14.1. The average Bonchev–Trinajstić information content (AvgIpc) is 0.822. The van der Waals surface area contributed by atoms with Crippen molar-refractivity contribution >= 4 is 47.8 Å². The Hall–Kier alpha value is -13.2. The second-order valence-corrected chi connectivity index (χ2v) is 36.5. The SMILES string of the molecule is CCCCCCCCCCCOc1ccc(OC(=O)c2ccc(OC(=O)c3cc(OCCCCCCCCCOc4cc(C(=O)Oc5ccc(C(=O)Oc6ccc(OCCCCCCCCCCC)cc6)cc5)cc(C(=O)Oc5ccc(C(=O)Oc6ccc(OCCCCCCCCCCC)cc6)cc5)c4)cc(C(=O)Oc4ccc(C(=O)Oc5ccc(OCCCCCCCCCCC)cc5)cc4)c3)cc2)cc1. The molecule has 22 heteroatoms. The van der Waals surface area contributed by atoms with Crippen LogP contribution in [-0.4, -0.2) is 87.4 Å². The highest BCUT2D eigenvalue weighted by molar-refractivity contribution is 6.00. The molecule has 0 fully saturated rings. The van der Waals surface area contributed by atoms with E-state index in [1.807, 2.05) is 0 Å². The van der Waals surface area contributed by atoms with Crippen molar-refractivity contribution in [2.24, 2.45) is 0 Å². The number of hydrogen-bond acceptors (Lipinski definition) is 22. The molecule has 10 aromatic carbocycles. The van der Waals surface area contributed by atoms with Crippen LogP contribution in [0.25, 0.3) is 0 Å². The largest absolute Gasteiger partial charge is 0.494 e. The highest BCUT2D eigenvalue weighted by atomic mass is 16.6. The topological polar surface area (TPSA) is 266 Å². The average molecular weight is 1950 g/mol. The summed E-state index contributed by atoms with van der Waals surface area (Å²) in [5.41, 5.74) is 0.746. The molecule has 0 amide bonds. The van der Waals surface area contributed by atoms with Crippen molar-refractivity contribution in [3.8, 4) is 80.5 Å². The van der Waals surface area contributed by atoms with E-state index in [0.717, 1.165) is 83.5 Å². The summed E-state index contributed by atoms with van der Waals surface area (Å²) >= 11 is 0. The molecule has 0 radical (unpaired) electrons. The van der Waals surface area contributed by atoms with Crippen LogP contribution in [0.1, 0.15) is 387 Å². The zero-order valence-corrected chi connectivity index (χ0v) is 84.6. The van der Waals surface area contributed by atoms with Gasteiger partial charge < -0.3 is 66.3 Å². The maximum Gasteiger partial charge on any atom is 0.343 e. The first kappa shape index (κ1) is 112. The minimum atomic E-state index is -0.821. The lowest BCUT2D eigenvalue weighted by molar-refractivity contribution is 0.0712. The van der Waals surface area contributed by atoms with E-state index >= 15 is 0 Å². The zero-order chi connectivity index (χ0) is 101. The van der Waals surface area contributed by atoms with Gasteiger partial charge in [0, 0.05) is 0 Å². The van der Waals surface area contributed by atoms with Gasteiger partial charge in [0.2, 0.25) is 0 Å². The summed E-state index contributed by atoms with van der Waals surface area (Å²) in [4.78, 5) is 110. The molecule has 0 aromatic heterocycles. The predicted molar refractivity (Wildman–Crippen MR) is 558 cm³/mol. The lowest BCUT2D eigenvalue weighted by Gasteiger charge is -2.12. The van der Waals surface area contributed by atoms with Crippen LogP contribution in [0.15, 0.2) is 231 Å². The summed E-state index contributed by atoms with van der Waals surface area (Å²) in [6, 6.07) is 59.7. The number of rotatable bonds is 72. The quantitative estimate of drug-likeness (QED) is 0.0195. The summed E-state index contributed by atoms with van der Waals surface area (Å²) in [7, 11) is 0. The molecule has 0 bridgehead atoms. The molecule has 22 nitrogen and oxygen atoms in total. The molecule has 0 saturated carbocycles. The third-order valence-electron chi connectivity index (χ3n) is 24.5. The number of benzene rings is 10. The molecule has 10 rings (SSSR count). The van der Waals surface area contributed by atoms with Crippen molar-refractivity contribution in [1.29, 1.82) is 0 Å². The third-order valence-corrected chi connectivity index (χ3v) is 24.5. The van der Waals surface area contributed by atoms with Crippen molar-refractivity contribution in [2.45, 2.75) is 304 Å². The summed E-state index contributed by atoms with van der Waals surface area (Å²) in [5, 5.41) is 0. The van der Waals surface area contributed by atoms with E-state index < -0.39 is 47.8 Å². The number of esters is 8. The predicted octanol–water partition coefficient (Wildman–Crippen LogP) is 31.3. The monoisotopic (exact) mass is 1950 g/mol. The van der Waals surface area contributed by atoms with Crippen LogP contribution in [0.4, 0.5) is 0 Å². The van der Waals surface area contributed by atoms with E-state index in [1.54, 1.807) is 97.1 Å². The van der Waals surface area contributed by atoms with Crippen LogP contribution >= 0.6 is 0 Å². The first-order valence-corrected chi connectivity index (χ1v) is 52.7. The van der Waals surface area contributed by atoms with Crippen molar-refractivity contribution < 1.29 is 105 Å². The molecular formula is C121H148O22. The van der Waals surface area contributed by atoms with Crippen molar-refractivity contribution in [3.05, 3.63) is 275 Å². The normalized spacial score (nSPS) is 11.0. The molecule has 0 atom stereocenters. The molecule has 10 aromatic rings. The molecule has 143 heavy (non-hydrogen) atoms. The molecule has 0 unspecified atom stereocenters. The Kier molecular flexibility index (Phi) is 52.0. The fraction of sp³-hybridized carbons (Fsp3) is 0.438. The Morgan fingerprint density at radius 1 is 0.133 bits per heavy atom. The van der Waals surface area contributed by atoms with E-state index in [1.165, 1.54) is 313 Å². The Morgan fingerprint density at radius 2 is 0.252 bits per heavy atom. The highest BCUT2D eigenvalue weighted by Gasteiger charge is 2.24. The van der Waals surface area contributed by atoms with Gasteiger partial charge in [-0.25, -0.2) is 38.4 Å². The Bertz CT molecular complexity index is 4720. The molecule has 0 spiro atoms. The second kappa shape index (κ2) is 66.5. The van der Waals surface area contributed by atoms with E-state index in [-0.39, 0.29) is 92.2 Å². The number of ether oxygens (including phenoxy) is 14. The first-order chi connectivity index (χ1) is 70.1. The van der Waals surface area contributed by atoms with Gasteiger partial charge in [-0.05, 0) is 269 Å². The first-order valence-electron chi connectivity index (χ1n) is 52.7. The van der Waals surface area contributed by atoms with Crippen LogP contribution in [0.3, 0.4) is 0 Å². The molecule has 0 heterocycles. The standard InChI is InChI=1S/C121H148O22/c1-5-9-13-17-21-25-30-36-42-80-130-100-64-72-108(73-65-100)136-114(122)92-48-56-104(57-49-92)140-118(126)96-86-97(119(127)141-105-58-50-93(51-59-105)115(123)137-109-74-66-101(67-75-109)131-81-43-37-31-26-22-18-14-10-6-2)89-112(88-96)134-84-46-40-34-29-35-41-47-85-135-113-90-98(120(128)142-106-60-52-94(53-61-106)116(124)138-110-76-68-102(69-77-110)132-82-44-38-32-27-23-19-15-11-7-3)87-99(91-113)121(129)143-107-62-54-95(55-63-107)117(125)139-111-78-70-103(71-79-111)133-83-45-39-33-28-24-20-16-12-8-4/h48-79,86-91H,5-47,80-85H2,1-4H3. The fourth-order valence-corrected chi connectivity index (χ4v) is 16.1. The highest BCUT2D eigenvalue weighted by Crippen LogP contribution is 2.32. The van der Waals surface area contributed by atoms with Crippen molar-refractivity contribution in [1.82, 2.24) is 0 Å². The lowest BCUT2D eigenvalue weighted by Crippen LogP contribution is -2.14.